The van der Waals surface area contributed by atoms with Crippen molar-refractivity contribution in [3.05, 3.63) is 58.1 Å². The third kappa shape index (κ3) is 5.04. The fourth-order valence-corrected chi connectivity index (χ4v) is 2.96. The van der Waals surface area contributed by atoms with Crippen molar-refractivity contribution in [2.24, 2.45) is 0 Å². The van der Waals surface area contributed by atoms with Gasteiger partial charge in [-0.15, -0.1) is 0 Å². The molecule has 0 bridgehead atoms. The number of methoxy groups -OCH3 is 2. The first-order valence-corrected chi connectivity index (χ1v) is 9.14. The zero-order chi connectivity index (χ0) is 20.8. The normalized spacial score (nSPS) is 10.7. The number of nitrogens with one attached hydrogen (secondary N) is 2. The molecule has 152 valence electrons. The Labute approximate surface area is 166 Å². The van der Waals surface area contributed by atoms with Gasteiger partial charge in [0.1, 0.15) is 0 Å². The zero-order valence-electron chi connectivity index (χ0n) is 16.2. The summed E-state index contributed by atoms with van der Waals surface area (Å²) in [4.78, 5) is 38.0. The molecule has 0 saturated heterocycles. The van der Waals surface area contributed by atoms with Crippen molar-refractivity contribution >= 4 is 22.8 Å². The number of carbonyl (C=O) groups is 2. The first-order valence-electron chi connectivity index (χ1n) is 9.14. The van der Waals surface area contributed by atoms with E-state index in [1.165, 1.54) is 6.07 Å². The first-order chi connectivity index (χ1) is 14.0. The number of rotatable bonds is 9. The van der Waals surface area contributed by atoms with Gasteiger partial charge in [0.2, 0.25) is 5.91 Å². The van der Waals surface area contributed by atoms with Crippen LogP contribution in [0.1, 0.15) is 28.8 Å². The standard InChI is InChI=1S/C21H22N2O6/c1-27-17-7-3-13(11-19(17)28-2)9-10-22-20(25)8-6-16(24)14-4-5-15-18(12-14)29-21(26)23-15/h3-5,7,11-12H,6,8-10H2,1-2H3,(H,22,25)(H,23,26). The van der Waals surface area contributed by atoms with E-state index in [9.17, 15) is 14.4 Å². The molecule has 3 rings (SSSR count). The van der Waals surface area contributed by atoms with Crippen LogP contribution in [0.4, 0.5) is 0 Å². The largest absolute Gasteiger partial charge is 0.493 e. The third-order valence-corrected chi connectivity index (χ3v) is 4.51. The number of amides is 1. The van der Waals surface area contributed by atoms with Crippen molar-refractivity contribution in [2.45, 2.75) is 19.3 Å². The Morgan fingerprint density at radius 2 is 1.83 bits per heavy atom. The molecule has 29 heavy (non-hydrogen) atoms. The van der Waals surface area contributed by atoms with Crippen molar-refractivity contribution in [2.75, 3.05) is 20.8 Å². The molecule has 8 heteroatoms. The molecule has 0 aliphatic carbocycles. The number of ketones is 1. The maximum absolute atomic E-state index is 12.3. The quantitative estimate of drug-likeness (QED) is 0.536. The van der Waals surface area contributed by atoms with Crippen LogP contribution in [-0.2, 0) is 11.2 Å². The van der Waals surface area contributed by atoms with Gasteiger partial charge in [-0.3, -0.25) is 14.6 Å². The molecule has 1 heterocycles. The minimum atomic E-state index is -0.571. The van der Waals surface area contributed by atoms with Gasteiger partial charge in [0.15, 0.2) is 22.9 Å². The topological polar surface area (TPSA) is 111 Å². The van der Waals surface area contributed by atoms with E-state index in [1.54, 1.807) is 26.4 Å². The highest BCUT2D eigenvalue weighted by Crippen LogP contribution is 2.27. The van der Waals surface area contributed by atoms with E-state index >= 15 is 0 Å². The summed E-state index contributed by atoms with van der Waals surface area (Å²) >= 11 is 0. The van der Waals surface area contributed by atoms with Gasteiger partial charge in [-0.05, 0) is 42.3 Å². The molecular formula is C21H22N2O6. The van der Waals surface area contributed by atoms with E-state index < -0.39 is 5.76 Å². The molecule has 0 radical (unpaired) electrons. The van der Waals surface area contributed by atoms with E-state index in [0.717, 1.165) is 5.56 Å². The SMILES string of the molecule is COc1ccc(CCNC(=O)CCC(=O)c2ccc3[nH]c(=O)oc3c2)cc1OC. The fourth-order valence-electron chi connectivity index (χ4n) is 2.96. The molecule has 2 N–H and O–H groups in total. The number of aromatic nitrogens is 1. The number of aromatic amines is 1. The lowest BCUT2D eigenvalue weighted by Gasteiger charge is -2.10. The summed E-state index contributed by atoms with van der Waals surface area (Å²) in [6.07, 6.45) is 0.783. The minimum absolute atomic E-state index is 0.0718. The number of fused-ring (bicyclic) bond motifs is 1. The highest BCUT2D eigenvalue weighted by Gasteiger charge is 2.12. The maximum atomic E-state index is 12.3. The number of Topliss-reactive ketones (excluding diaryl/α,β-unsaturated/α-hetero) is 1. The number of hydrogen-bond donors (Lipinski definition) is 2. The number of ether oxygens (including phenoxy) is 2. The summed E-state index contributed by atoms with van der Waals surface area (Å²) in [5, 5.41) is 2.81. The van der Waals surface area contributed by atoms with E-state index in [-0.39, 0.29) is 24.5 Å². The van der Waals surface area contributed by atoms with Gasteiger partial charge in [-0.1, -0.05) is 6.07 Å². The Bertz CT molecular complexity index is 1080. The molecule has 0 aliphatic rings. The monoisotopic (exact) mass is 398 g/mol. The number of H-pyrrole nitrogens is 1. The zero-order valence-corrected chi connectivity index (χ0v) is 16.2. The Kier molecular flexibility index (Phi) is 6.33. The van der Waals surface area contributed by atoms with Crippen LogP contribution in [0, 0.1) is 0 Å². The Morgan fingerprint density at radius 3 is 2.59 bits per heavy atom. The molecule has 1 amide bonds. The van der Waals surface area contributed by atoms with E-state index in [2.05, 4.69) is 10.3 Å². The molecular weight excluding hydrogens is 376 g/mol. The Morgan fingerprint density at radius 1 is 1.03 bits per heavy atom. The highest BCUT2D eigenvalue weighted by molar-refractivity contribution is 6.00. The van der Waals surface area contributed by atoms with Crippen LogP contribution in [0.3, 0.4) is 0 Å². The Hall–Kier alpha value is -3.55. The number of hydrogen-bond acceptors (Lipinski definition) is 6. The second-order valence-corrected chi connectivity index (χ2v) is 6.44. The lowest BCUT2D eigenvalue weighted by atomic mass is 10.1. The number of oxazole rings is 1. The fraction of sp³-hybridized carbons (Fsp3) is 0.286. The summed E-state index contributed by atoms with van der Waals surface area (Å²) < 4.78 is 15.4. The maximum Gasteiger partial charge on any atom is 0.417 e. The van der Waals surface area contributed by atoms with Gasteiger partial charge in [-0.2, -0.15) is 0 Å². The third-order valence-electron chi connectivity index (χ3n) is 4.51. The van der Waals surface area contributed by atoms with Gasteiger partial charge in [0, 0.05) is 24.9 Å². The van der Waals surface area contributed by atoms with Crippen molar-refractivity contribution in [1.82, 2.24) is 10.3 Å². The van der Waals surface area contributed by atoms with E-state index in [0.29, 0.717) is 41.1 Å². The average Bonchev–Trinajstić information content (AvgIpc) is 3.10. The molecule has 0 aliphatic heterocycles. The first kappa shape index (κ1) is 20.2. The smallest absolute Gasteiger partial charge is 0.417 e. The summed E-state index contributed by atoms with van der Waals surface area (Å²) in [5.41, 5.74) is 2.25. The molecule has 3 aromatic rings. The van der Waals surface area contributed by atoms with Crippen molar-refractivity contribution in [1.29, 1.82) is 0 Å². The predicted octanol–water partition coefficient (Wildman–Crippen LogP) is 2.46. The van der Waals surface area contributed by atoms with Crippen LogP contribution in [0.5, 0.6) is 11.5 Å². The van der Waals surface area contributed by atoms with E-state index in [4.69, 9.17) is 13.9 Å². The van der Waals surface area contributed by atoms with Crippen molar-refractivity contribution in [3.63, 3.8) is 0 Å². The molecule has 2 aromatic carbocycles. The average molecular weight is 398 g/mol. The summed E-state index contributed by atoms with van der Waals surface area (Å²) in [6.45, 7) is 0.447. The van der Waals surface area contributed by atoms with Crippen LogP contribution in [-0.4, -0.2) is 37.4 Å². The van der Waals surface area contributed by atoms with Crippen LogP contribution in [0.15, 0.2) is 45.6 Å². The summed E-state index contributed by atoms with van der Waals surface area (Å²) in [7, 11) is 3.15. The number of benzene rings is 2. The lowest BCUT2D eigenvalue weighted by Crippen LogP contribution is -2.26. The molecule has 0 unspecified atom stereocenters. The minimum Gasteiger partial charge on any atom is -0.493 e. The van der Waals surface area contributed by atoms with Gasteiger partial charge < -0.3 is 19.2 Å². The second-order valence-electron chi connectivity index (χ2n) is 6.44. The van der Waals surface area contributed by atoms with Crippen LogP contribution in [0.25, 0.3) is 11.1 Å². The Balaban J connectivity index is 1.46. The number of carbonyl (C=O) groups excluding carboxylic acids is 2. The summed E-state index contributed by atoms with van der Waals surface area (Å²) in [5.74, 6) is 0.324. The lowest BCUT2D eigenvalue weighted by molar-refractivity contribution is -0.121. The molecule has 0 saturated carbocycles. The van der Waals surface area contributed by atoms with Gasteiger partial charge in [0.25, 0.3) is 0 Å². The van der Waals surface area contributed by atoms with Crippen molar-refractivity contribution < 1.29 is 23.5 Å². The molecule has 8 nitrogen and oxygen atoms in total. The highest BCUT2D eigenvalue weighted by atomic mass is 16.5. The van der Waals surface area contributed by atoms with Crippen molar-refractivity contribution in [3.8, 4) is 11.5 Å². The van der Waals surface area contributed by atoms with Crippen LogP contribution >= 0.6 is 0 Å². The molecule has 0 spiro atoms. The molecule has 1 aromatic heterocycles. The predicted molar refractivity (Wildman–Crippen MR) is 107 cm³/mol. The van der Waals surface area contributed by atoms with Gasteiger partial charge in [-0.25, -0.2) is 4.79 Å². The van der Waals surface area contributed by atoms with Gasteiger partial charge >= 0.3 is 5.76 Å². The summed E-state index contributed by atoms with van der Waals surface area (Å²) in [6, 6.07) is 10.3. The van der Waals surface area contributed by atoms with Gasteiger partial charge in [0.05, 0.1) is 19.7 Å². The van der Waals surface area contributed by atoms with Crippen LogP contribution < -0.4 is 20.5 Å². The molecule has 0 fully saturated rings. The van der Waals surface area contributed by atoms with E-state index in [1.807, 2.05) is 18.2 Å². The molecule has 0 atom stereocenters. The second kappa shape index (κ2) is 9.09. The van der Waals surface area contributed by atoms with Crippen LogP contribution in [0.2, 0.25) is 0 Å².